The molecular weight excluding hydrogens is 466 g/mol. The lowest BCUT2D eigenvalue weighted by Crippen LogP contribution is -2.55. The van der Waals surface area contributed by atoms with Gasteiger partial charge in [0.25, 0.3) is 10.1 Å². The average molecular weight is 504 g/mol. The third-order valence-electron chi connectivity index (χ3n) is 7.31. The fourth-order valence-electron chi connectivity index (χ4n) is 5.56. The van der Waals surface area contributed by atoms with Crippen molar-refractivity contribution in [3.63, 3.8) is 0 Å². The highest BCUT2D eigenvalue weighted by molar-refractivity contribution is 7.86. The second kappa shape index (κ2) is 11.2. The lowest BCUT2D eigenvalue weighted by Gasteiger charge is -2.27. The molecular formula is C22H37N3O8S. The summed E-state index contributed by atoms with van der Waals surface area (Å²) in [6.45, 7) is 4.41. The first-order valence-corrected chi connectivity index (χ1v) is 13.6. The molecule has 1 saturated heterocycles. The zero-order chi connectivity index (χ0) is 25.0. The van der Waals surface area contributed by atoms with Crippen molar-refractivity contribution in [1.29, 1.82) is 0 Å². The minimum atomic E-state index is -4.90. The van der Waals surface area contributed by atoms with E-state index in [9.17, 15) is 32.5 Å². The van der Waals surface area contributed by atoms with E-state index < -0.39 is 45.6 Å². The number of fused-ring (bicyclic) bond motifs is 2. The van der Waals surface area contributed by atoms with Gasteiger partial charge in [0, 0.05) is 12.5 Å². The largest absolute Gasteiger partial charge is 0.449 e. The smallest absolute Gasteiger partial charge is 0.407 e. The number of aliphatic hydroxyl groups excluding tert-OH is 1. The molecule has 4 unspecified atom stereocenters. The monoisotopic (exact) mass is 503 g/mol. The van der Waals surface area contributed by atoms with Crippen molar-refractivity contribution in [3.05, 3.63) is 0 Å². The summed E-state index contributed by atoms with van der Waals surface area (Å²) in [6.07, 6.45) is 4.38. The molecule has 5 N–H and O–H groups in total. The summed E-state index contributed by atoms with van der Waals surface area (Å²) in [5.41, 5.74) is -2.31. The minimum Gasteiger partial charge on any atom is -0.449 e. The molecule has 0 aromatic carbocycles. The summed E-state index contributed by atoms with van der Waals surface area (Å²) >= 11 is 0. The number of rotatable bonds is 11. The first kappa shape index (κ1) is 26.7. The number of hydrogen-bond donors (Lipinski definition) is 5. The summed E-state index contributed by atoms with van der Waals surface area (Å²) in [4.78, 5) is 37.4. The normalized spacial score (nSPS) is 28.9. The Labute approximate surface area is 200 Å². The van der Waals surface area contributed by atoms with Gasteiger partial charge in [-0.2, -0.15) is 8.42 Å². The van der Waals surface area contributed by atoms with Crippen LogP contribution in [0.3, 0.4) is 0 Å². The molecule has 2 aliphatic carbocycles. The van der Waals surface area contributed by atoms with E-state index in [1.165, 1.54) is 12.8 Å². The van der Waals surface area contributed by atoms with Crippen LogP contribution in [-0.4, -0.2) is 66.7 Å². The van der Waals surface area contributed by atoms with Crippen molar-refractivity contribution >= 4 is 28.0 Å². The molecule has 3 rings (SSSR count). The van der Waals surface area contributed by atoms with E-state index in [2.05, 4.69) is 16.0 Å². The van der Waals surface area contributed by atoms with Crippen molar-refractivity contribution in [2.75, 3.05) is 13.2 Å². The zero-order valence-electron chi connectivity index (χ0n) is 19.7. The van der Waals surface area contributed by atoms with E-state index >= 15 is 0 Å². The number of nitrogens with one attached hydrogen (secondary N) is 3. The Balaban J connectivity index is 1.61. The molecule has 0 spiro atoms. The van der Waals surface area contributed by atoms with Crippen LogP contribution in [0.4, 0.5) is 4.79 Å². The lowest BCUT2D eigenvalue weighted by atomic mass is 9.90. The molecule has 1 aliphatic heterocycles. The van der Waals surface area contributed by atoms with Crippen molar-refractivity contribution in [2.45, 2.75) is 76.3 Å². The maximum absolute atomic E-state index is 13.0. The molecule has 3 fully saturated rings. The van der Waals surface area contributed by atoms with Gasteiger partial charge in [0.2, 0.25) is 17.3 Å². The maximum Gasteiger partial charge on any atom is 0.407 e. The van der Waals surface area contributed by atoms with Crippen LogP contribution in [0.15, 0.2) is 0 Å². The van der Waals surface area contributed by atoms with Gasteiger partial charge in [0.05, 0.1) is 12.6 Å². The molecule has 0 aromatic heterocycles. The van der Waals surface area contributed by atoms with Crippen LogP contribution in [0.25, 0.3) is 0 Å². The predicted octanol–water partition coefficient (Wildman–Crippen LogP) is 0.781. The van der Waals surface area contributed by atoms with Gasteiger partial charge in [0.15, 0.2) is 0 Å². The van der Waals surface area contributed by atoms with Gasteiger partial charge in [-0.25, -0.2) is 4.79 Å². The van der Waals surface area contributed by atoms with Gasteiger partial charge in [-0.05, 0) is 62.2 Å². The number of aliphatic hydroxyl groups is 1. The third-order valence-corrected chi connectivity index (χ3v) is 8.25. The predicted molar refractivity (Wildman–Crippen MR) is 122 cm³/mol. The summed E-state index contributed by atoms with van der Waals surface area (Å²) in [6, 6.07) is -2.47. The van der Waals surface area contributed by atoms with Gasteiger partial charge >= 0.3 is 6.09 Å². The molecule has 34 heavy (non-hydrogen) atoms. The number of carbonyl (C=O) groups excluding carboxylic acids is 3. The second-order valence-corrected chi connectivity index (χ2v) is 11.9. The molecule has 0 radical (unpaired) electrons. The van der Waals surface area contributed by atoms with Crippen molar-refractivity contribution in [1.82, 2.24) is 16.0 Å². The number of ether oxygens (including phenoxy) is 1. The lowest BCUT2D eigenvalue weighted by molar-refractivity contribution is -0.126. The zero-order valence-corrected chi connectivity index (χ0v) is 20.6. The maximum atomic E-state index is 13.0. The van der Waals surface area contributed by atoms with Crippen LogP contribution >= 0.6 is 0 Å². The SMILES string of the molecule is CC(C)C[C@H](NC(=O)OCC1CC2CCC1C2)C(=O)N[C@@H](C[C@H]1CCNC1=O)C(O)S(=O)(=O)O. The standard InChI is InChI=1S/C22H37N3O8S/c1-12(2)7-17(25-22(29)33-11-16-9-13-3-4-14(16)8-13)20(27)24-18(21(28)34(30,31)32)10-15-5-6-23-19(15)26/h12-18,21,28H,3-11H2,1-2H3,(H,23,26)(H,24,27)(H,25,29)(H,30,31,32)/t13?,14?,15-,16?,17+,18+,21?/m1/s1. The minimum absolute atomic E-state index is 0.00664. The summed E-state index contributed by atoms with van der Waals surface area (Å²) in [5, 5.41) is 17.7. The van der Waals surface area contributed by atoms with E-state index in [-0.39, 0.29) is 24.7 Å². The Morgan fingerprint density at radius 2 is 1.91 bits per heavy atom. The topological polar surface area (TPSA) is 171 Å². The fraction of sp³-hybridized carbons (Fsp3) is 0.864. The van der Waals surface area contributed by atoms with Crippen molar-refractivity contribution in [3.8, 4) is 0 Å². The Morgan fingerprint density at radius 1 is 1.18 bits per heavy atom. The van der Waals surface area contributed by atoms with Crippen LogP contribution in [0.5, 0.6) is 0 Å². The van der Waals surface area contributed by atoms with E-state index in [0.717, 1.165) is 12.8 Å². The highest BCUT2D eigenvalue weighted by Gasteiger charge is 2.40. The number of carbonyl (C=O) groups is 3. The van der Waals surface area contributed by atoms with E-state index in [1.807, 2.05) is 13.8 Å². The van der Waals surface area contributed by atoms with Gasteiger partial charge in [-0.3, -0.25) is 14.1 Å². The quantitative estimate of drug-likeness (QED) is 0.257. The highest BCUT2D eigenvalue weighted by Crippen LogP contribution is 2.48. The molecule has 11 nitrogen and oxygen atoms in total. The molecule has 1 heterocycles. The Hall–Kier alpha value is -1.92. The molecule has 2 bridgehead atoms. The van der Waals surface area contributed by atoms with Crippen LogP contribution < -0.4 is 16.0 Å². The fourth-order valence-corrected chi connectivity index (χ4v) is 6.16. The Morgan fingerprint density at radius 3 is 2.44 bits per heavy atom. The average Bonchev–Trinajstić information content (AvgIpc) is 3.47. The van der Waals surface area contributed by atoms with Gasteiger partial charge in [-0.15, -0.1) is 0 Å². The Kier molecular flexibility index (Phi) is 8.80. The third kappa shape index (κ3) is 7.05. The van der Waals surface area contributed by atoms with Gasteiger partial charge < -0.3 is 25.8 Å². The molecule has 3 aliphatic rings. The number of amides is 3. The van der Waals surface area contributed by atoms with Crippen molar-refractivity contribution < 1.29 is 37.2 Å². The van der Waals surface area contributed by atoms with E-state index in [4.69, 9.17) is 4.74 Å². The summed E-state index contributed by atoms with van der Waals surface area (Å²) < 4.78 is 37.9. The highest BCUT2D eigenvalue weighted by atomic mass is 32.2. The van der Waals surface area contributed by atoms with Crippen molar-refractivity contribution in [2.24, 2.45) is 29.6 Å². The van der Waals surface area contributed by atoms with Crippen LogP contribution in [0.1, 0.15) is 58.8 Å². The van der Waals surface area contributed by atoms with Gasteiger partial charge in [-0.1, -0.05) is 20.3 Å². The first-order chi connectivity index (χ1) is 15.9. The van der Waals surface area contributed by atoms with E-state index in [0.29, 0.717) is 37.3 Å². The van der Waals surface area contributed by atoms with Gasteiger partial charge in [0.1, 0.15) is 6.04 Å². The van der Waals surface area contributed by atoms with Crippen LogP contribution in [0.2, 0.25) is 0 Å². The first-order valence-electron chi connectivity index (χ1n) is 12.1. The van der Waals surface area contributed by atoms with Crippen LogP contribution in [0, 0.1) is 29.6 Å². The molecule has 0 aromatic rings. The Bertz CT molecular complexity index is 864. The molecule has 7 atom stereocenters. The van der Waals surface area contributed by atoms with E-state index in [1.54, 1.807) is 0 Å². The van der Waals surface area contributed by atoms with Crippen LogP contribution in [-0.2, 0) is 24.4 Å². The molecule has 12 heteroatoms. The summed E-state index contributed by atoms with van der Waals surface area (Å²) in [5.74, 6) is -0.0115. The number of alkyl carbamates (subject to hydrolysis) is 1. The summed E-state index contributed by atoms with van der Waals surface area (Å²) in [7, 11) is -4.90. The second-order valence-electron chi connectivity index (χ2n) is 10.4. The molecule has 2 saturated carbocycles. The molecule has 194 valence electrons. The molecule has 3 amide bonds. The number of hydrogen-bond acceptors (Lipinski definition) is 7.